The van der Waals surface area contributed by atoms with E-state index in [-0.39, 0.29) is 0 Å². The van der Waals surface area contributed by atoms with Gasteiger partial charge in [0.1, 0.15) is 5.82 Å². The number of nitrogens with one attached hydrogen (secondary N) is 2. The van der Waals surface area contributed by atoms with Crippen LogP contribution in [0.3, 0.4) is 0 Å². The summed E-state index contributed by atoms with van der Waals surface area (Å²) < 4.78 is 1.03. The Labute approximate surface area is 140 Å². The lowest BCUT2D eigenvalue weighted by molar-refractivity contribution is 0.606. The molecule has 0 atom stereocenters. The van der Waals surface area contributed by atoms with Gasteiger partial charge in [-0.05, 0) is 59.8 Å². The highest BCUT2D eigenvalue weighted by atomic mass is 79.9. The summed E-state index contributed by atoms with van der Waals surface area (Å²) >= 11 is 3.58. The molecule has 5 heteroatoms. The number of hydrogen-bond acceptors (Lipinski definition) is 4. The lowest BCUT2D eigenvalue weighted by Crippen LogP contribution is -2.09. The van der Waals surface area contributed by atoms with E-state index in [1.54, 1.807) is 0 Å². The van der Waals surface area contributed by atoms with Crippen molar-refractivity contribution in [3.63, 3.8) is 0 Å². The molecule has 0 amide bonds. The van der Waals surface area contributed by atoms with Crippen molar-refractivity contribution in [3.05, 3.63) is 40.0 Å². The molecule has 1 aromatic heterocycles. The molecule has 0 fully saturated rings. The molecule has 0 aliphatic heterocycles. The summed E-state index contributed by atoms with van der Waals surface area (Å²) in [5.41, 5.74) is 3.15. The van der Waals surface area contributed by atoms with Gasteiger partial charge in [-0.25, -0.2) is 4.98 Å². The summed E-state index contributed by atoms with van der Waals surface area (Å²) in [5, 5.41) is 6.63. The van der Waals surface area contributed by atoms with Crippen LogP contribution in [0.15, 0.2) is 28.7 Å². The number of aromatic nitrogens is 2. The standard InChI is InChI=1S/C17H23BrN4/c1-11(2)7-8-19-17-20-13(4)10-16(22-17)21-15-6-5-12(3)9-14(15)18/h5-6,9-11H,7-8H2,1-4H3,(H2,19,20,21,22). The Bertz CT molecular complexity index is 641. The summed E-state index contributed by atoms with van der Waals surface area (Å²) in [6.45, 7) is 9.35. The zero-order valence-corrected chi connectivity index (χ0v) is 15.2. The zero-order valence-electron chi connectivity index (χ0n) is 13.6. The first-order valence-corrected chi connectivity index (χ1v) is 8.36. The highest BCUT2D eigenvalue weighted by Gasteiger charge is 2.05. The molecule has 0 spiro atoms. The first-order chi connectivity index (χ1) is 10.4. The minimum atomic E-state index is 0.665. The second-order valence-electron chi connectivity index (χ2n) is 5.94. The molecule has 4 nitrogen and oxygen atoms in total. The van der Waals surface area contributed by atoms with E-state index in [9.17, 15) is 0 Å². The summed E-state index contributed by atoms with van der Waals surface area (Å²) in [4.78, 5) is 8.97. The van der Waals surface area contributed by atoms with Crippen LogP contribution in [0.25, 0.3) is 0 Å². The highest BCUT2D eigenvalue weighted by Crippen LogP contribution is 2.26. The Hall–Kier alpha value is -1.62. The third-order valence-electron chi connectivity index (χ3n) is 3.25. The maximum absolute atomic E-state index is 4.54. The van der Waals surface area contributed by atoms with Crippen molar-refractivity contribution < 1.29 is 0 Å². The van der Waals surface area contributed by atoms with E-state index in [0.29, 0.717) is 11.9 Å². The molecule has 0 bridgehead atoms. The molecule has 0 radical (unpaired) electrons. The Morgan fingerprint density at radius 3 is 2.59 bits per heavy atom. The van der Waals surface area contributed by atoms with Gasteiger partial charge in [0.05, 0.1) is 5.69 Å². The molecular weight excluding hydrogens is 340 g/mol. The maximum Gasteiger partial charge on any atom is 0.224 e. The van der Waals surface area contributed by atoms with Crippen molar-refractivity contribution in [3.8, 4) is 0 Å². The number of aryl methyl sites for hydroxylation is 2. The third-order valence-corrected chi connectivity index (χ3v) is 3.90. The maximum atomic E-state index is 4.54. The van der Waals surface area contributed by atoms with Crippen LogP contribution in [0.5, 0.6) is 0 Å². The van der Waals surface area contributed by atoms with Gasteiger partial charge in [-0.3, -0.25) is 0 Å². The van der Waals surface area contributed by atoms with Crippen LogP contribution in [-0.2, 0) is 0 Å². The van der Waals surface area contributed by atoms with Gasteiger partial charge in [0.15, 0.2) is 0 Å². The second-order valence-corrected chi connectivity index (χ2v) is 6.79. The first-order valence-electron chi connectivity index (χ1n) is 7.57. The van der Waals surface area contributed by atoms with Gasteiger partial charge in [0.2, 0.25) is 5.95 Å². The molecule has 0 unspecified atom stereocenters. The Morgan fingerprint density at radius 2 is 1.91 bits per heavy atom. The van der Waals surface area contributed by atoms with Crippen LogP contribution >= 0.6 is 15.9 Å². The molecule has 0 saturated heterocycles. The fraction of sp³-hybridized carbons (Fsp3) is 0.412. The number of nitrogens with zero attached hydrogens (tertiary/aromatic N) is 2. The van der Waals surface area contributed by atoms with Crippen LogP contribution in [0.4, 0.5) is 17.5 Å². The highest BCUT2D eigenvalue weighted by molar-refractivity contribution is 9.10. The van der Waals surface area contributed by atoms with Crippen molar-refractivity contribution >= 4 is 33.4 Å². The molecule has 0 aliphatic carbocycles. The van der Waals surface area contributed by atoms with E-state index in [4.69, 9.17) is 0 Å². The fourth-order valence-corrected chi connectivity index (χ4v) is 2.64. The van der Waals surface area contributed by atoms with Gasteiger partial charge in [-0.15, -0.1) is 0 Å². The van der Waals surface area contributed by atoms with E-state index >= 15 is 0 Å². The fourth-order valence-electron chi connectivity index (χ4n) is 2.04. The van der Waals surface area contributed by atoms with Gasteiger partial charge in [-0.2, -0.15) is 4.98 Å². The van der Waals surface area contributed by atoms with Gasteiger partial charge in [-0.1, -0.05) is 19.9 Å². The topological polar surface area (TPSA) is 49.8 Å². The second kappa shape index (κ2) is 7.58. The largest absolute Gasteiger partial charge is 0.354 e. The quantitative estimate of drug-likeness (QED) is 0.753. The minimum absolute atomic E-state index is 0.665. The van der Waals surface area contributed by atoms with E-state index in [2.05, 4.69) is 69.4 Å². The van der Waals surface area contributed by atoms with E-state index in [0.717, 1.165) is 34.6 Å². The molecule has 2 rings (SSSR count). The number of anilines is 3. The van der Waals surface area contributed by atoms with Crippen LogP contribution in [0.2, 0.25) is 0 Å². The number of hydrogen-bond donors (Lipinski definition) is 2. The predicted molar refractivity (Wildman–Crippen MR) is 96.9 cm³/mol. The normalized spacial score (nSPS) is 10.8. The SMILES string of the molecule is Cc1ccc(Nc2cc(C)nc(NCCC(C)C)n2)c(Br)c1. The van der Waals surface area contributed by atoms with Crippen molar-refractivity contribution in [2.24, 2.45) is 5.92 Å². The molecule has 1 heterocycles. The molecule has 2 N–H and O–H groups in total. The van der Waals surface area contributed by atoms with E-state index in [1.807, 2.05) is 19.1 Å². The third kappa shape index (κ3) is 4.98. The van der Waals surface area contributed by atoms with Gasteiger partial charge >= 0.3 is 0 Å². The number of rotatable bonds is 6. The Morgan fingerprint density at radius 1 is 1.14 bits per heavy atom. The molecule has 1 aromatic carbocycles. The molecule has 2 aromatic rings. The Kier molecular flexibility index (Phi) is 5.77. The molecule has 118 valence electrons. The summed E-state index contributed by atoms with van der Waals surface area (Å²) in [6.07, 6.45) is 1.10. The van der Waals surface area contributed by atoms with Crippen LogP contribution in [0, 0.1) is 19.8 Å². The first kappa shape index (κ1) is 16.7. The van der Waals surface area contributed by atoms with E-state index < -0.39 is 0 Å². The van der Waals surface area contributed by atoms with E-state index in [1.165, 1.54) is 5.56 Å². The lowest BCUT2D eigenvalue weighted by Gasteiger charge is -2.12. The summed E-state index contributed by atoms with van der Waals surface area (Å²) in [5.74, 6) is 2.13. The van der Waals surface area contributed by atoms with Gasteiger partial charge in [0.25, 0.3) is 0 Å². The monoisotopic (exact) mass is 362 g/mol. The lowest BCUT2D eigenvalue weighted by atomic mass is 10.1. The molecular formula is C17H23BrN4. The molecule has 0 aliphatic rings. The molecule has 0 saturated carbocycles. The van der Waals surface area contributed by atoms with Crippen LogP contribution in [0.1, 0.15) is 31.5 Å². The van der Waals surface area contributed by atoms with Crippen LogP contribution < -0.4 is 10.6 Å². The van der Waals surface area contributed by atoms with Crippen molar-refractivity contribution in [2.75, 3.05) is 17.2 Å². The minimum Gasteiger partial charge on any atom is -0.354 e. The predicted octanol–water partition coefficient (Wildman–Crippen LogP) is 5.06. The smallest absolute Gasteiger partial charge is 0.224 e. The molecule has 22 heavy (non-hydrogen) atoms. The summed E-state index contributed by atoms with van der Waals surface area (Å²) in [6, 6.07) is 8.14. The average molecular weight is 363 g/mol. The number of benzene rings is 1. The number of halogens is 1. The van der Waals surface area contributed by atoms with Crippen molar-refractivity contribution in [2.45, 2.75) is 34.1 Å². The van der Waals surface area contributed by atoms with Crippen molar-refractivity contribution in [1.82, 2.24) is 9.97 Å². The summed E-state index contributed by atoms with van der Waals surface area (Å²) in [7, 11) is 0. The van der Waals surface area contributed by atoms with Gasteiger partial charge in [0, 0.05) is 22.8 Å². The average Bonchev–Trinajstić information content (AvgIpc) is 2.41. The van der Waals surface area contributed by atoms with Crippen molar-refractivity contribution in [1.29, 1.82) is 0 Å². The van der Waals surface area contributed by atoms with Gasteiger partial charge < -0.3 is 10.6 Å². The Balaban J connectivity index is 2.12. The van der Waals surface area contributed by atoms with Crippen LogP contribution in [-0.4, -0.2) is 16.5 Å². The zero-order chi connectivity index (χ0) is 16.1.